The van der Waals surface area contributed by atoms with E-state index < -0.39 is 11.7 Å². The predicted octanol–water partition coefficient (Wildman–Crippen LogP) is 6.94. The first-order chi connectivity index (χ1) is 15.7. The molecule has 5 nitrogen and oxygen atoms in total. The molecule has 0 aliphatic rings. The van der Waals surface area contributed by atoms with Crippen molar-refractivity contribution >= 4 is 11.6 Å². The Morgan fingerprint density at radius 3 is 2.39 bits per heavy atom. The second kappa shape index (κ2) is 10.5. The van der Waals surface area contributed by atoms with Crippen molar-refractivity contribution in [3.8, 4) is 11.5 Å². The number of amides is 1. The number of halogens is 3. The minimum atomic E-state index is -4.52. The number of ether oxygens (including phenoxy) is 2. The Kier molecular flexibility index (Phi) is 7.71. The van der Waals surface area contributed by atoms with Crippen molar-refractivity contribution < 1.29 is 27.4 Å². The number of carbonyl (C=O) groups excluding carboxylic acids is 1. The average molecular weight is 458 g/mol. The van der Waals surface area contributed by atoms with Crippen LogP contribution in [0, 0.1) is 6.92 Å². The number of hydrogen-bond acceptors (Lipinski definition) is 4. The Balaban J connectivity index is 1.68. The monoisotopic (exact) mass is 458 g/mol. The highest BCUT2D eigenvalue weighted by Gasteiger charge is 2.34. The molecular weight excluding hydrogens is 433 g/mol. The molecule has 0 aliphatic heterocycles. The van der Waals surface area contributed by atoms with Gasteiger partial charge < -0.3 is 14.8 Å². The average Bonchev–Trinajstić information content (AvgIpc) is 2.78. The number of rotatable bonds is 8. The van der Waals surface area contributed by atoms with E-state index in [0.29, 0.717) is 23.6 Å². The molecule has 0 fully saturated rings. The van der Waals surface area contributed by atoms with E-state index in [1.807, 2.05) is 13.8 Å². The van der Waals surface area contributed by atoms with Crippen LogP contribution in [0.3, 0.4) is 0 Å². The molecule has 3 rings (SSSR count). The summed E-state index contributed by atoms with van der Waals surface area (Å²) in [5.41, 5.74) is 1.35. The number of pyridine rings is 1. The molecule has 1 amide bonds. The molecule has 1 unspecified atom stereocenters. The zero-order valence-corrected chi connectivity index (χ0v) is 18.6. The highest BCUT2D eigenvalue weighted by Crippen LogP contribution is 2.38. The molecular formula is C25H25F3N2O3. The van der Waals surface area contributed by atoms with Crippen LogP contribution in [0.2, 0.25) is 0 Å². The van der Waals surface area contributed by atoms with E-state index in [0.717, 1.165) is 18.2 Å². The third-order valence-electron chi connectivity index (χ3n) is 4.87. The first kappa shape index (κ1) is 24.3. The molecule has 1 aromatic heterocycles. The van der Waals surface area contributed by atoms with Crippen molar-refractivity contribution in [1.82, 2.24) is 4.98 Å². The van der Waals surface area contributed by atoms with E-state index in [1.54, 1.807) is 31.2 Å². The normalized spacial score (nSPS) is 12.3. The number of nitrogens with one attached hydrogen (secondary N) is 1. The van der Waals surface area contributed by atoms with Gasteiger partial charge in [0.1, 0.15) is 11.5 Å². The van der Waals surface area contributed by atoms with E-state index in [-0.39, 0.29) is 23.5 Å². The number of benzene rings is 2. The maximum atomic E-state index is 13.1. The SMILES string of the molecule is CCCOC(C)c1ccc(C(=O)Nc2ccc(Oc3ccccc3C(F)(F)F)cc2)c(C)n1. The zero-order chi connectivity index (χ0) is 24.0. The zero-order valence-electron chi connectivity index (χ0n) is 18.6. The molecule has 3 aromatic rings. The molecule has 0 bridgehead atoms. The molecule has 0 radical (unpaired) electrons. The van der Waals surface area contributed by atoms with Gasteiger partial charge in [0.05, 0.1) is 28.6 Å². The maximum Gasteiger partial charge on any atom is 0.419 e. The van der Waals surface area contributed by atoms with Crippen molar-refractivity contribution in [2.24, 2.45) is 0 Å². The van der Waals surface area contributed by atoms with Gasteiger partial charge in [-0.05, 0) is 68.8 Å². The quantitative estimate of drug-likeness (QED) is 0.397. The summed E-state index contributed by atoms with van der Waals surface area (Å²) < 4.78 is 50.5. The first-order valence-corrected chi connectivity index (χ1v) is 10.5. The second-order valence-corrected chi connectivity index (χ2v) is 7.46. The Hall–Kier alpha value is -3.39. The Bertz CT molecular complexity index is 1100. The smallest absolute Gasteiger partial charge is 0.419 e. The fraction of sp³-hybridized carbons (Fsp3) is 0.280. The summed E-state index contributed by atoms with van der Waals surface area (Å²) in [5, 5.41) is 2.76. The number of anilines is 1. The summed E-state index contributed by atoms with van der Waals surface area (Å²) in [6.07, 6.45) is -3.79. The topological polar surface area (TPSA) is 60.5 Å². The summed E-state index contributed by atoms with van der Waals surface area (Å²) in [5.74, 6) is -0.418. The summed E-state index contributed by atoms with van der Waals surface area (Å²) in [4.78, 5) is 17.2. The number of para-hydroxylation sites is 1. The van der Waals surface area contributed by atoms with E-state index >= 15 is 0 Å². The van der Waals surface area contributed by atoms with Crippen molar-refractivity contribution in [3.05, 3.63) is 83.2 Å². The fourth-order valence-electron chi connectivity index (χ4n) is 3.15. The van der Waals surface area contributed by atoms with Crippen LogP contribution in [0.25, 0.3) is 0 Å². The molecule has 1 atom stereocenters. The summed E-state index contributed by atoms with van der Waals surface area (Å²) in [6.45, 7) is 6.32. The number of aryl methyl sites for hydroxylation is 1. The van der Waals surface area contributed by atoms with Gasteiger partial charge in [0, 0.05) is 12.3 Å². The van der Waals surface area contributed by atoms with Crippen LogP contribution >= 0.6 is 0 Å². The lowest BCUT2D eigenvalue weighted by atomic mass is 10.1. The Morgan fingerprint density at radius 1 is 1.06 bits per heavy atom. The number of aromatic nitrogens is 1. The van der Waals surface area contributed by atoms with E-state index in [1.165, 1.54) is 30.3 Å². The van der Waals surface area contributed by atoms with Gasteiger partial charge in [0.2, 0.25) is 0 Å². The third-order valence-corrected chi connectivity index (χ3v) is 4.87. The van der Waals surface area contributed by atoms with Crippen LogP contribution < -0.4 is 10.1 Å². The van der Waals surface area contributed by atoms with Gasteiger partial charge >= 0.3 is 6.18 Å². The van der Waals surface area contributed by atoms with Gasteiger partial charge in [-0.3, -0.25) is 9.78 Å². The van der Waals surface area contributed by atoms with Crippen molar-refractivity contribution in [2.45, 2.75) is 39.5 Å². The summed E-state index contributed by atoms with van der Waals surface area (Å²) in [7, 11) is 0. The predicted molar refractivity (Wildman–Crippen MR) is 120 cm³/mol. The lowest BCUT2D eigenvalue weighted by molar-refractivity contribution is -0.138. The molecule has 0 aliphatic carbocycles. The van der Waals surface area contributed by atoms with Gasteiger partial charge in [0.25, 0.3) is 5.91 Å². The van der Waals surface area contributed by atoms with Crippen molar-refractivity contribution in [1.29, 1.82) is 0 Å². The van der Waals surface area contributed by atoms with Gasteiger partial charge in [0.15, 0.2) is 0 Å². The highest BCUT2D eigenvalue weighted by molar-refractivity contribution is 6.05. The molecule has 0 saturated carbocycles. The Morgan fingerprint density at radius 2 is 1.76 bits per heavy atom. The van der Waals surface area contributed by atoms with Crippen molar-refractivity contribution in [3.63, 3.8) is 0 Å². The van der Waals surface area contributed by atoms with Crippen molar-refractivity contribution in [2.75, 3.05) is 11.9 Å². The van der Waals surface area contributed by atoms with Gasteiger partial charge in [-0.25, -0.2) is 0 Å². The Labute approximate surface area is 190 Å². The standard InChI is InChI=1S/C25H25F3N2O3/c1-4-15-32-17(3)22-14-13-20(16(2)29-22)24(31)30-18-9-11-19(12-10-18)33-23-8-6-5-7-21(23)25(26,27)28/h5-14,17H,4,15H2,1-3H3,(H,30,31). The lowest BCUT2D eigenvalue weighted by Crippen LogP contribution is -2.15. The second-order valence-electron chi connectivity index (χ2n) is 7.46. The molecule has 174 valence electrons. The largest absolute Gasteiger partial charge is 0.457 e. The van der Waals surface area contributed by atoms with Gasteiger partial charge in [-0.2, -0.15) is 13.2 Å². The van der Waals surface area contributed by atoms with Gasteiger partial charge in [-0.1, -0.05) is 19.1 Å². The number of carbonyl (C=O) groups is 1. The molecule has 33 heavy (non-hydrogen) atoms. The molecule has 2 aromatic carbocycles. The molecule has 0 saturated heterocycles. The van der Waals surface area contributed by atoms with Crippen LogP contribution in [-0.2, 0) is 10.9 Å². The maximum absolute atomic E-state index is 13.1. The van der Waals surface area contributed by atoms with Crippen LogP contribution in [0.5, 0.6) is 11.5 Å². The summed E-state index contributed by atoms with van der Waals surface area (Å²) >= 11 is 0. The molecule has 0 spiro atoms. The van der Waals surface area contributed by atoms with Crippen LogP contribution in [0.1, 0.15) is 53.7 Å². The summed E-state index contributed by atoms with van der Waals surface area (Å²) in [6, 6.07) is 14.5. The highest BCUT2D eigenvalue weighted by atomic mass is 19.4. The minimum Gasteiger partial charge on any atom is -0.457 e. The third kappa shape index (κ3) is 6.32. The lowest BCUT2D eigenvalue weighted by Gasteiger charge is -2.15. The molecule has 1 heterocycles. The van der Waals surface area contributed by atoms with Crippen LogP contribution in [0.15, 0.2) is 60.7 Å². The number of hydrogen-bond donors (Lipinski definition) is 1. The molecule has 8 heteroatoms. The van der Waals surface area contributed by atoms with E-state index in [4.69, 9.17) is 9.47 Å². The first-order valence-electron chi connectivity index (χ1n) is 10.5. The minimum absolute atomic E-state index is 0.171. The van der Waals surface area contributed by atoms with Crippen LogP contribution in [0.4, 0.5) is 18.9 Å². The van der Waals surface area contributed by atoms with Gasteiger partial charge in [-0.15, -0.1) is 0 Å². The molecule has 1 N–H and O–H groups in total. The number of nitrogens with zero attached hydrogens (tertiary/aromatic N) is 1. The van der Waals surface area contributed by atoms with E-state index in [2.05, 4.69) is 10.3 Å². The van der Waals surface area contributed by atoms with E-state index in [9.17, 15) is 18.0 Å². The fourth-order valence-corrected chi connectivity index (χ4v) is 3.15. The number of alkyl halides is 3. The van der Waals surface area contributed by atoms with Crippen LogP contribution in [-0.4, -0.2) is 17.5 Å².